The molecular weight excluding hydrogens is 514 g/mol. The van der Waals surface area contributed by atoms with Crippen molar-refractivity contribution < 1.29 is 19.1 Å². The molecule has 1 aromatic heterocycles. The number of anilines is 1. The maximum absolute atomic E-state index is 13.8. The van der Waals surface area contributed by atoms with Crippen LogP contribution in [0.25, 0.3) is 10.9 Å². The lowest BCUT2D eigenvalue weighted by Crippen LogP contribution is -2.30. The molecule has 0 saturated heterocycles. The van der Waals surface area contributed by atoms with Crippen molar-refractivity contribution in [3.8, 4) is 5.75 Å². The standard InChI is InChI=1S/C34H47N3O4/c1-7-10-15-27-17-19-28(20-18-27)34(40)37-25(4)33(30-24-29(41-6)21-22-31(30)37)36(26(5)38)23-14-12-11-13-16-32(39)35(8-2)9-3/h17-22,24H,7-16,23H2,1-6H3. The molecule has 2 amide bonds. The van der Waals surface area contributed by atoms with Gasteiger partial charge < -0.3 is 14.5 Å². The minimum absolute atomic E-state index is 0.0700. The van der Waals surface area contributed by atoms with E-state index in [1.807, 2.05) is 68.1 Å². The van der Waals surface area contributed by atoms with E-state index in [4.69, 9.17) is 4.74 Å². The summed E-state index contributed by atoms with van der Waals surface area (Å²) < 4.78 is 7.23. The number of hydrogen-bond acceptors (Lipinski definition) is 4. The highest BCUT2D eigenvalue weighted by Gasteiger charge is 2.25. The Morgan fingerprint density at radius 1 is 0.878 bits per heavy atom. The summed E-state index contributed by atoms with van der Waals surface area (Å²) in [6.07, 6.45) is 7.31. The zero-order valence-electron chi connectivity index (χ0n) is 25.8. The molecule has 0 saturated carbocycles. The summed E-state index contributed by atoms with van der Waals surface area (Å²) in [4.78, 5) is 42.8. The molecule has 0 atom stereocenters. The van der Waals surface area contributed by atoms with E-state index in [-0.39, 0.29) is 17.7 Å². The number of amides is 2. The number of unbranched alkanes of at least 4 members (excludes halogenated alkanes) is 4. The van der Waals surface area contributed by atoms with E-state index < -0.39 is 0 Å². The van der Waals surface area contributed by atoms with Crippen LogP contribution in [0.4, 0.5) is 5.69 Å². The maximum atomic E-state index is 13.8. The fourth-order valence-corrected chi connectivity index (χ4v) is 5.50. The second-order valence-electron chi connectivity index (χ2n) is 10.7. The van der Waals surface area contributed by atoms with E-state index in [0.29, 0.717) is 24.3 Å². The fraction of sp³-hybridized carbons (Fsp3) is 0.500. The number of methoxy groups -OCH3 is 1. The molecule has 0 fully saturated rings. The molecule has 0 radical (unpaired) electrons. The van der Waals surface area contributed by atoms with E-state index in [9.17, 15) is 14.4 Å². The Morgan fingerprint density at radius 2 is 1.56 bits per heavy atom. The van der Waals surface area contributed by atoms with Gasteiger partial charge in [0.25, 0.3) is 5.91 Å². The molecule has 0 aliphatic heterocycles. The molecule has 41 heavy (non-hydrogen) atoms. The molecule has 0 spiro atoms. The Hall–Kier alpha value is -3.61. The van der Waals surface area contributed by atoms with Gasteiger partial charge in [-0.1, -0.05) is 38.3 Å². The van der Waals surface area contributed by atoms with Crippen molar-refractivity contribution in [1.29, 1.82) is 0 Å². The molecule has 7 heteroatoms. The predicted octanol–water partition coefficient (Wildman–Crippen LogP) is 7.16. The van der Waals surface area contributed by atoms with Crippen LogP contribution >= 0.6 is 0 Å². The molecule has 0 aliphatic rings. The maximum Gasteiger partial charge on any atom is 0.262 e. The van der Waals surface area contributed by atoms with E-state index in [0.717, 1.165) is 80.3 Å². The molecule has 7 nitrogen and oxygen atoms in total. The van der Waals surface area contributed by atoms with Gasteiger partial charge in [0.1, 0.15) is 5.75 Å². The molecule has 3 rings (SSSR count). The van der Waals surface area contributed by atoms with Gasteiger partial charge in [0, 0.05) is 49.6 Å². The van der Waals surface area contributed by atoms with E-state index in [1.54, 1.807) is 23.5 Å². The lowest BCUT2D eigenvalue weighted by molar-refractivity contribution is -0.130. The summed E-state index contributed by atoms with van der Waals surface area (Å²) in [5.74, 6) is 0.690. The van der Waals surface area contributed by atoms with Gasteiger partial charge in [-0.3, -0.25) is 19.0 Å². The van der Waals surface area contributed by atoms with Crippen LogP contribution in [0.1, 0.15) is 94.3 Å². The number of fused-ring (bicyclic) bond motifs is 1. The number of ether oxygens (including phenoxy) is 1. The largest absolute Gasteiger partial charge is 0.497 e. The zero-order valence-corrected chi connectivity index (χ0v) is 25.8. The predicted molar refractivity (Wildman–Crippen MR) is 167 cm³/mol. The molecule has 0 N–H and O–H groups in total. The summed E-state index contributed by atoms with van der Waals surface area (Å²) in [5.41, 5.74) is 4.06. The molecule has 0 aliphatic carbocycles. The van der Waals surface area contributed by atoms with Crippen molar-refractivity contribution in [3.63, 3.8) is 0 Å². The first-order chi connectivity index (χ1) is 19.8. The third-order valence-electron chi connectivity index (χ3n) is 7.89. The molecule has 0 unspecified atom stereocenters. The Bertz CT molecular complexity index is 1320. The number of carbonyl (C=O) groups is 3. The summed E-state index contributed by atoms with van der Waals surface area (Å²) in [6, 6.07) is 13.5. The zero-order chi connectivity index (χ0) is 29.9. The van der Waals surface area contributed by atoms with E-state index in [2.05, 4.69) is 6.92 Å². The number of aryl methyl sites for hydroxylation is 1. The SMILES string of the molecule is CCCCc1ccc(C(=O)n2c(C)c(N(CCCCCCC(=O)N(CC)CC)C(C)=O)c3cc(OC)ccc32)cc1. The van der Waals surface area contributed by atoms with E-state index >= 15 is 0 Å². The van der Waals surface area contributed by atoms with Crippen LogP contribution in [-0.2, 0) is 16.0 Å². The first kappa shape index (κ1) is 31.9. The summed E-state index contributed by atoms with van der Waals surface area (Å²) in [5, 5.41) is 0.815. The smallest absolute Gasteiger partial charge is 0.262 e. The highest BCUT2D eigenvalue weighted by Crippen LogP contribution is 2.37. The first-order valence-corrected chi connectivity index (χ1v) is 15.2. The van der Waals surface area contributed by atoms with Crippen molar-refractivity contribution in [2.24, 2.45) is 0 Å². The number of benzene rings is 2. The second-order valence-corrected chi connectivity index (χ2v) is 10.7. The van der Waals surface area contributed by atoms with Crippen molar-refractivity contribution in [3.05, 3.63) is 59.3 Å². The van der Waals surface area contributed by atoms with Crippen LogP contribution in [0, 0.1) is 6.92 Å². The molecule has 0 bridgehead atoms. The van der Waals surface area contributed by atoms with Crippen molar-refractivity contribution in [2.75, 3.05) is 31.6 Å². The molecule has 3 aromatic rings. The van der Waals surface area contributed by atoms with Gasteiger partial charge in [0.05, 0.1) is 18.3 Å². The number of rotatable bonds is 15. The van der Waals surface area contributed by atoms with Gasteiger partial charge in [0.2, 0.25) is 11.8 Å². The van der Waals surface area contributed by atoms with Gasteiger partial charge in [0.15, 0.2) is 0 Å². The number of aromatic nitrogens is 1. The summed E-state index contributed by atoms with van der Waals surface area (Å²) in [6.45, 7) is 11.7. The fourth-order valence-electron chi connectivity index (χ4n) is 5.50. The highest BCUT2D eigenvalue weighted by atomic mass is 16.5. The Morgan fingerprint density at radius 3 is 2.17 bits per heavy atom. The van der Waals surface area contributed by atoms with Gasteiger partial charge in [-0.15, -0.1) is 0 Å². The van der Waals surface area contributed by atoms with Gasteiger partial charge in [-0.05, 0) is 82.3 Å². The average molecular weight is 562 g/mol. The Kier molecular flexibility index (Phi) is 12.0. The van der Waals surface area contributed by atoms with Crippen molar-refractivity contribution in [2.45, 2.75) is 86.0 Å². The topological polar surface area (TPSA) is 71.9 Å². The van der Waals surface area contributed by atoms with Crippen LogP contribution < -0.4 is 9.64 Å². The molecular formula is C34H47N3O4. The Labute approximate surface area is 245 Å². The van der Waals surface area contributed by atoms with Crippen molar-refractivity contribution >= 4 is 34.3 Å². The summed E-state index contributed by atoms with van der Waals surface area (Å²) >= 11 is 0. The molecule has 222 valence electrons. The lowest BCUT2D eigenvalue weighted by atomic mass is 10.1. The third-order valence-corrected chi connectivity index (χ3v) is 7.89. The van der Waals surface area contributed by atoms with Gasteiger partial charge in [-0.2, -0.15) is 0 Å². The molecule has 2 aromatic carbocycles. The highest BCUT2D eigenvalue weighted by molar-refractivity contribution is 6.11. The first-order valence-electron chi connectivity index (χ1n) is 15.2. The van der Waals surface area contributed by atoms with Crippen LogP contribution in [0.5, 0.6) is 5.75 Å². The molecule has 1 heterocycles. The third kappa shape index (κ3) is 7.78. The van der Waals surface area contributed by atoms with Gasteiger partial charge >= 0.3 is 0 Å². The van der Waals surface area contributed by atoms with Gasteiger partial charge in [-0.25, -0.2) is 0 Å². The normalized spacial score (nSPS) is 11.1. The minimum Gasteiger partial charge on any atom is -0.497 e. The monoisotopic (exact) mass is 561 g/mol. The average Bonchev–Trinajstić information content (AvgIpc) is 3.26. The number of carbonyl (C=O) groups excluding carboxylic acids is 3. The number of hydrogen-bond donors (Lipinski definition) is 0. The van der Waals surface area contributed by atoms with Crippen LogP contribution in [0.15, 0.2) is 42.5 Å². The quantitative estimate of drug-likeness (QED) is 0.185. The van der Waals surface area contributed by atoms with Crippen LogP contribution in [0.3, 0.4) is 0 Å². The minimum atomic E-state index is -0.118. The Balaban J connectivity index is 1.84. The van der Waals surface area contributed by atoms with E-state index in [1.165, 1.54) is 5.56 Å². The van der Waals surface area contributed by atoms with Crippen LogP contribution in [-0.4, -0.2) is 53.9 Å². The van der Waals surface area contributed by atoms with Crippen LogP contribution in [0.2, 0.25) is 0 Å². The van der Waals surface area contributed by atoms with Crippen molar-refractivity contribution in [1.82, 2.24) is 9.47 Å². The summed E-state index contributed by atoms with van der Waals surface area (Å²) in [7, 11) is 1.61. The number of nitrogens with zero attached hydrogens (tertiary/aromatic N) is 3. The lowest BCUT2D eigenvalue weighted by Gasteiger charge is -2.22. The second kappa shape index (κ2) is 15.4.